The molecular weight excluding hydrogens is 254 g/mol. The van der Waals surface area contributed by atoms with Crippen molar-refractivity contribution in [3.8, 4) is 0 Å². The van der Waals surface area contributed by atoms with E-state index in [4.69, 9.17) is 0 Å². The van der Waals surface area contributed by atoms with Gasteiger partial charge in [-0.2, -0.15) is 17.0 Å². The van der Waals surface area contributed by atoms with E-state index in [0.717, 1.165) is 5.69 Å². The van der Waals surface area contributed by atoms with Crippen molar-refractivity contribution < 1.29 is 8.42 Å². The van der Waals surface area contributed by atoms with Gasteiger partial charge in [0.05, 0.1) is 6.54 Å². The molecule has 18 heavy (non-hydrogen) atoms. The number of hydrogen-bond acceptors (Lipinski definition) is 5. The van der Waals surface area contributed by atoms with Gasteiger partial charge in [-0.1, -0.05) is 0 Å². The molecule has 7 nitrogen and oxygen atoms in total. The minimum Gasteiger partial charge on any atom is -0.373 e. The lowest BCUT2D eigenvalue weighted by atomic mass is 10.4. The Morgan fingerprint density at radius 3 is 2.67 bits per heavy atom. The van der Waals surface area contributed by atoms with Crippen LogP contribution in [0, 0.1) is 6.92 Å². The Morgan fingerprint density at radius 2 is 2.11 bits per heavy atom. The largest absolute Gasteiger partial charge is 0.373 e. The summed E-state index contributed by atoms with van der Waals surface area (Å²) in [5, 5.41) is 2.93. The zero-order valence-corrected chi connectivity index (χ0v) is 11.5. The predicted molar refractivity (Wildman–Crippen MR) is 68.3 cm³/mol. The molecule has 1 aromatic rings. The van der Waals surface area contributed by atoms with E-state index in [1.54, 1.807) is 14.1 Å². The topological polar surface area (TPSA) is 78.4 Å². The number of rotatable bonds is 3. The molecule has 1 aliphatic rings. The third-order valence-electron chi connectivity index (χ3n) is 2.86. The third-order valence-corrected chi connectivity index (χ3v) is 4.79. The number of likely N-dealkylation sites (N-methyl/N-ethyl adjacent to an activating group) is 1. The first-order valence-electron chi connectivity index (χ1n) is 5.67. The van der Waals surface area contributed by atoms with Crippen LogP contribution in [0.15, 0.2) is 6.07 Å². The lowest BCUT2D eigenvalue weighted by Gasteiger charge is -2.15. The summed E-state index contributed by atoms with van der Waals surface area (Å²) in [6.07, 6.45) is 0. The van der Waals surface area contributed by atoms with Gasteiger partial charge in [0.2, 0.25) is 0 Å². The van der Waals surface area contributed by atoms with E-state index in [1.807, 2.05) is 13.0 Å². The molecule has 100 valence electrons. The molecule has 0 spiro atoms. The summed E-state index contributed by atoms with van der Waals surface area (Å²) in [6, 6.07) is 1.81. The van der Waals surface area contributed by atoms with Gasteiger partial charge in [-0.15, -0.1) is 0 Å². The number of nitrogens with zero attached hydrogens (tertiary/aromatic N) is 4. The van der Waals surface area contributed by atoms with Crippen molar-refractivity contribution in [3.05, 3.63) is 17.6 Å². The van der Waals surface area contributed by atoms with E-state index in [2.05, 4.69) is 15.3 Å². The summed E-state index contributed by atoms with van der Waals surface area (Å²) >= 11 is 0. The molecule has 0 radical (unpaired) electrons. The maximum absolute atomic E-state index is 11.9. The molecular formula is C10H17N5O2S. The van der Waals surface area contributed by atoms with Gasteiger partial charge < -0.3 is 5.32 Å². The fraction of sp³-hybridized carbons (Fsp3) is 0.600. The zero-order chi connectivity index (χ0) is 13.3. The Hall–Kier alpha value is -1.25. The molecule has 8 heteroatoms. The third kappa shape index (κ3) is 2.45. The lowest BCUT2D eigenvalue weighted by Crippen LogP contribution is -2.31. The maximum Gasteiger partial charge on any atom is 0.282 e. The number of anilines is 1. The average Bonchev–Trinajstić information content (AvgIpc) is 2.55. The molecule has 0 bridgehead atoms. The maximum atomic E-state index is 11.9. The van der Waals surface area contributed by atoms with Gasteiger partial charge in [0, 0.05) is 38.9 Å². The van der Waals surface area contributed by atoms with Crippen molar-refractivity contribution in [3.63, 3.8) is 0 Å². The molecule has 0 aromatic carbocycles. The predicted octanol–water partition coefficient (Wildman–Crippen LogP) is -0.181. The van der Waals surface area contributed by atoms with Gasteiger partial charge in [0.1, 0.15) is 11.6 Å². The number of aryl methyl sites for hydroxylation is 1. The van der Waals surface area contributed by atoms with Gasteiger partial charge in [0.25, 0.3) is 10.2 Å². The van der Waals surface area contributed by atoms with Crippen molar-refractivity contribution in [2.45, 2.75) is 13.5 Å². The van der Waals surface area contributed by atoms with Crippen LogP contribution >= 0.6 is 0 Å². The second kappa shape index (κ2) is 4.79. The Balaban J connectivity index is 2.22. The number of nitrogens with one attached hydrogen (secondary N) is 1. The molecule has 2 heterocycles. The summed E-state index contributed by atoms with van der Waals surface area (Å²) in [5.41, 5.74) is 0.814. The van der Waals surface area contributed by atoms with Crippen LogP contribution in [-0.2, 0) is 16.8 Å². The van der Waals surface area contributed by atoms with Gasteiger partial charge in [0.15, 0.2) is 0 Å². The van der Waals surface area contributed by atoms with E-state index in [1.165, 1.54) is 8.61 Å². The van der Waals surface area contributed by atoms with Crippen molar-refractivity contribution in [2.24, 2.45) is 0 Å². The second-order valence-corrected chi connectivity index (χ2v) is 6.26. The van der Waals surface area contributed by atoms with E-state index in [-0.39, 0.29) is 6.54 Å². The monoisotopic (exact) mass is 271 g/mol. The standard InChI is InChI=1S/C10H17N5O2S/c1-8-6-9(11-2)13-10(12-8)7-15-5-4-14(3)18(15,16)17/h6H,4-5,7H2,1-3H3,(H,11,12,13). The van der Waals surface area contributed by atoms with Crippen LogP contribution < -0.4 is 5.32 Å². The Labute approximate surface area is 107 Å². The lowest BCUT2D eigenvalue weighted by molar-refractivity contribution is 0.434. The molecule has 0 unspecified atom stereocenters. The first kappa shape index (κ1) is 13.2. The molecule has 1 fully saturated rings. The van der Waals surface area contributed by atoms with Gasteiger partial charge in [-0.05, 0) is 6.92 Å². The Kier molecular flexibility index (Phi) is 3.51. The molecule has 0 saturated carbocycles. The highest BCUT2D eigenvalue weighted by Crippen LogP contribution is 2.17. The second-order valence-electron chi connectivity index (χ2n) is 4.22. The molecule has 1 aromatic heterocycles. The van der Waals surface area contributed by atoms with Crippen molar-refractivity contribution in [2.75, 3.05) is 32.5 Å². The van der Waals surface area contributed by atoms with Crippen LogP contribution in [0.4, 0.5) is 5.82 Å². The zero-order valence-electron chi connectivity index (χ0n) is 10.7. The number of aromatic nitrogens is 2. The fourth-order valence-electron chi connectivity index (χ4n) is 1.83. The Bertz CT molecular complexity index is 545. The van der Waals surface area contributed by atoms with Crippen LogP contribution in [0.1, 0.15) is 11.5 Å². The molecule has 1 saturated heterocycles. The molecule has 0 aliphatic carbocycles. The first-order valence-corrected chi connectivity index (χ1v) is 7.07. The summed E-state index contributed by atoms with van der Waals surface area (Å²) in [6.45, 7) is 3.05. The van der Waals surface area contributed by atoms with Gasteiger partial charge >= 0.3 is 0 Å². The minimum atomic E-state index is -3.33. The molecule has 0 amide bonds. The van der Waals surface area contributed by atoms with Crippen molar-refractivity contribution in [1.29, 1.82) is 0 Å². The summed E-state index contributed by atoms with van der Waals surface area (Å²) in [5.74, 6) is 1.21. The highest BCUT2D eigenvalue weighted by Gasteiger charge is 2.34. The van der Waals surface area contributed by atoms with Gasteiger partial charge in [-0.3, -0.25) is 0 Å². The first-order chi connectivity index (χ1) is 8.43. The molecule has 1 N–H and O–H groups in total. The van der Waals surface area contributed by atoms with Crippen LogP contribution in [0.3, 0.4) is 0 Å². The fourth-order valence-corrected chi connectivity index (χ4v) is 3.12. The molecule has 1 aliphatic heterocycles. The number of hydrogen-bond donors (Lipinski definition) is 1. The SMILES string of the molecule is CNc1cc(C)nc(CN2CCN(C)S2(=O)=O)n1. The molecule has 0 atom stereocenters. The van der Waals surface area contributed by atoms with Crippen LogP contribution in [0.25, 0.3) is 0 Å². The van der Waals surface area contributed by atoms with E-state index in [0.29, 0.717) is 24.7 Å². The van der Waals surface area contributed by atoms with Crippen LogP contribution in [0.5, 0.6) is 0 Å². The van der Waals surface area contributed by atoms with Crippen molar-refractivity contribution in [1.82, 2.24) is 18.6 Å². The van der Waals surface area contributed by atoms with E-state index < -0.39 is 10.2 Å². The smallest absolute Gasteiger partial charge is 0.282 e. The van der Waals surface area contributed by atoms with E-state index in [9.17, 15) is 8.42 Å². The van der Waals surface area contributed by atoms with Gasteiger partial charge in [-0.25, -0.2) is 9.97 Å². The molecule has 2 rings (SSSR count). The van der Waals surface area contributed by atoms with E-state index >= 15 is 0 Å². The summed E-state index contributed by atoms with van der Waals surface area (Å²) in [7, 11) is 0.0145. The normalized spacial score (nSPS) is 20.2. The minimum absolute atomic E-state index is 0.211. The highest BCUT2D eigenvalue weighted by atomic mass is 32.2. The van der Waals surface area contributed by atoms with Crippen LogP contribution in [-0.4, -0.2) is 54.2 Å². The average molecular weight is 271 g/mol. The summed E-state index contributed by atoms with van der Waals surface area (Å²) in [4.78, 5) is 8.52. The summed E-state index contributed by atoms with van der Waals surface area (Å²) < 4.78 is 26.6. The van der Waals surface area contributed by atoms with Crippen molar-refractivity contribution >= 4 is 16.0 Å². The van der Waals surface area contributed by atoms with Crippen LogP contribution in [0.2, 0.25) is 0 Å². The highest BCUT2D eigenvalue weighted by molar-refractivity contribution is 7.86. The quantitative estimate of drug-likeness (QED) is 0.825. The Morgan fingerprint density at radius 1 is 1.39 bits per heavy atom.